The monoisotopic (exact) mass is 488 g/mol. The van der Waals surface area contributed by atoms with Crippen LogP contribution in [0.3, 0.4) is 0 Å². The molecule has 0 saturated carbocycles. The van der Waals surface area contributed by atoms with Gasteiger partial charge >= 0.3 is 5.97 Å². The summed E-state index contributed by atoms with van der Waals surface area (Å²) >= 11 is 6.33. The van der Waals surface area contributed by atoms with E-state index < -0.39 is 5.97 Å². The largest absolute Gasteiger partial charge is 0.478 e. The molecule has 2 N–H and O–H groups in total. The van der Waals surface area contributed by atoms with Gasteiger partial charge in [-0.1, -0.05) is 37.2 Å². The standard InChI is InChI=1S/C26H18ClFN4O2.CH4/c1-14-3-2-4-21(28)22(14)24-20-11-17(27)7-10-19(20)23-16(12-29-24)13-30-26(32-23)31-18-8-5-15(6-9-18)25(33)34;/h2-11,13H,12H2,1H3,(H,33,34)(H,30,31,32);1H4. The molecule has 3 aromatic carbocycles. The topological polar surface area (TPSA) is 87.5 Å². The maximum absolute atomic E-state index is 14.9. The number of halogens is 2. The molecule has 8 heteroatoms. The maximum Gasteiger partial charge on any atom is 0.335 e. The highest BCUT2D eigenvalue weighted by Gasteiger charge is 2.24. The van der Waals surface area contributed by atoms with Crippen LogP contribution in [0.2, 0.25) is 5.02 Å². The Morgan fingerprint density at radius 3 is 2.57 bits per heavy atom. The number of carbonyl (C=O) groups is 1. The SMILES string of the molecule is C.Cc1cccc(F)c1C1=NCc2cnc(Nc3ccc(C(=O)O)cc3)nc2-c2ccc(Cl)cc21. The molecule has 1 aliphatic rings. The Morgan fingerprint density at radius 1 is 1.09 bits per heavy atom. The van der Waals surface area contributed by atoms with Crippen LogP contribution in [-0.4, -0.2) is 26.8 Å². The number of nitrogens with zero attached hydrogens (tertiary/aromatic N) is 3. The normalized spacial score (nSPS) is 11.9. The lowest BCUT2D eigenvalue weighted by Gasteiger charge is -2.14. The minimum Gasteiger partial charge on any atom is -0.478 e. The fourth-order valence-corrected chi connectivity index (χ4v) is 4.13. The number of aromatic carboxylic acids is 1. The van der Waals surface area contributed by atoms with Crippen molar-refractivity contribution < 1.29 is 14.3 Å². The first kappa shape index (κ1) is 24.0. The third-order valence-corrected chi connectivity index (χ3v) is 5.85. The molecule has 0 bridgehead atoms. The molecule has 0 spiro atoms. The molecule has 6 nitrogen and oxygen atoms in total. The summed E-state index contributed by atoms with van der Waals surface area (Å²) < 4.78 is 14.9. The summed E-state index contributed by atoms with van der Waals surface area (Å²) in [6.07, 6.45) is 1.69. The van der Waals surface area contributed by atoms with Crippen molar-refractivity contribution in [2.75, 3.05) is 5.32 Å². The fraction of sp³-hybridized carbons (Fsp3) is 0.111. The van der Waals surface area contributed by atoms with Crippen molar-refractivity contribution in [1.82, 2.24) is 9.97 Å². The zero-order chi connectivity index (χ0) is 23.8. The van der Waals surface area contributed by atoms with E-state index in [0.717, 1.165) is 16.7 Å². The molecular formula is C27H22ClFN4O2. The van der Waals surface area contributed by atoms with Crippen molar-refractivity contribution in [3.8, 4) is 11.3 Å². The van der Waals surface area contributed by atoms with Gasteiger partial charge < -0.3 is 10.4 Å². The number of fused-ring (bicyclic) bond motifs is 3. The molecule has 0 atom stereocenters. The second-order valence-electron chi connectivity index (χ2n) is 7.86. The Balaban J connectivity index is 0.00000289. The quantitative estimate of drug-likeness (QED) is 0.335. The predicted molar refractivity (Wildman–Crippen MR) is 136 cm³/mol. The lowest BCUT2D eigenvalue weighted by molar-refractivity contribution is 0.0697. The van der Waals surface area contributed by atoms with Crippen molar-refractivity contribution in [1.29, 1.82) is 0 Å². The predicted octanol–water partition coefficient (Wildman–Crippen LogP) is 6.67. The molecule has 176 valence electrons. The van der Waals surface area contributed by atoms with Gasteiger partial charge in [0.25, 0.3) is 0 Å². The third-order valence-electron chi connectivity index (χ3n) is 5.61. The van der Waals surface area contributed by atoms with Crippen LogP contribution in [0, 0.1) is 12.7 Å². The van der Waals surface area contributed by atoms with Gasteiger partial charge in [0, 0.05) is 39.2 Å². The smallest absolute Gasteiger partial charge is 0.335 e. The minimum atomic E-state index is -0.996. The molecule has 0 radical (unpaired) electrons. The van der Waals surface area contributed by atoms with Crippen LogP contribution in [-0.2, 0) is 6.54 Å². The first-order chi connectivity index (χ1) is 16.4. The molecule has 0 saturated heterocycles. The van der Waals surface area contributed by atoms with E-state index in [1.165, 1.54) is 18.2 Å². The van der Waals surface area contributed by atoms with Crippen LogP contribution in [0.1, 0.15) is 40.0 Å². The van der Waals surface area contributed by atoms with Crippen LogP contribution < -0.4 is 5.32 Å². The number of nitrogens with one attached hydrogen (secondary N) is 1. The molecule has 1 aromatic heterocycles. The summed E-state index contributed by atoms with van der Waals surface area (Å²) in [6, 6.07) is 16.6. The summed E-state index contributed by atoms with van der Waals surface area (Å²) in [5.41, 5.74) is 5.47. The number of aliphatic imine (C=N–C) groups is 1. The number of hydrogen-bond donors (Lipinski definition) is 2. The lowest BCUT2D eigenvalue weighted by Crippen LogP contribution is -2.09. The third kappa shape index (κ3) is 4.63. The number of rotatable bonds is 4. The Bertz CT molecular complexity index is 1450. The van der Waals surface area contributed by atoms with Crippen molar-refractivity contribution in [3.05, 3.63) is 106 Å². The van der Waals surface area contributed by atoms with Gasteiger partial charge in [0.05, 0.1) is 23.5 Å². The van der Waals surface area contributed by atoms with E-state index in [9.17, 15) is 9.18 Å². The molecule has 0 amide bonds. The van der Waals surface area contributed by atoms with Crippen LogP contribution in [0.5, 0.6) is 0 Å². The molecule has 35 heavy (non-hydrogen) atoms. The van der Waals surface area contributed by atoms with E-state index in [1.54, 1.807) is 36.5 Å². The molecule has 0 unspecified atom stereocenters. The van der Waals surface area contributed by atoms with Crippen LogP contribution in [0.4, 0.5) is 16.0 Å². The molecular weight excluding hydrogens is 467 g/mol. The van der Waals surface area contributed by atoms with Gasteiger partial charge in [-0.3, -0.25) is 4.99 Å². The molecule has 2 heterocycles. The summed E-state index contributed by atoms with van der Waals surface area (Å²) in [4.78, 5) is 25.0. The summed E-state index contributed by atoms with van der Waals surface area (Å²) in [7, 11) is 0. The Hall–Kier alpha value is -4.10. The average molecular weight is 489 g/mol. The highest BCUT2D eigenvalue weighted by Crippen LogP contribution is 2.34. The van der Waals surface area contributed by atoms with Gasteiger partial charge in [0.2, 0.25) is 5.95 Å². The van der Waals surface area contributed by atoms with Gasteiger partial charge in [-0.15, -0.1) is 0 Å². The van der Waals surface area contributed by atoms with Crippen molar-refractivity contribution in [2.45, 2.75) is 20.9 Å². The van der Waals surface area contributed by atoms with E-state index in [2.05, 4.69) is 10.3 Å². The minimum absolute atomic E-state index is 0. The number of carboxylic acid groups (broad SMARTS) is 1. The molecule has 5 rings (SSSR count). The molecule has 0 fully saturated rings. The van der Waals surface area contributed by atoms with Gasteiger partial charge in [0.1, 0.15) is 5.82 Å². The number of aromatic nitrogens is 2. The highest BCUT2D eigenvalue weighted by atomic mass is 35.5. The van der Waals surface area contributed by atoms with E-state index in [-0.39, 0.29) is 25.4 Å². The highest BCUT2D eigenvalue weighted by molar-refractivity contribution is 6.31. The number of benzene rings is 3. The number of anilines is 2. The number of carboxylic acids is 1. The van der Waals surface area contributed by atoms with Gasteiger partial charge in [0.15, 0.2) is 0 Å². The Kier molecular flexibility index (Phi) is 6.62. The summed E-state index contributed by atoms with van der Waals surface area (Å²) in [6.45, 7) is 2.12. The van der Waals surface area contributed by atoms with Crippen molar-refractivity contribution in [3.63, 3.8) is 0 Å². The van der Waals surface area contributed by atoms with Crippen LogP contribution >= 0.6 is 11.6 Å². The molecule has 0 aliphatic carbocycles. The summed E-state index contributed by atoms with van der Waals surface area (Å²) in [5, 5.41) is 12.7. The zero-order valence-electron chi connectivity index (χ0n) is 18.0. The van der Waals surface area contributed by atoms with Gasteiger partial charge in [-0.05, 0) is 55.0 Å². The summed E-state index contributed by atoms with van der Waals surface area (Å²) in [5.74, 6) is -1.01. The number of hydrogen-bond acceptors (Lipinski definition) is 5. The van der Waals surface area contributed by atoms with Crippen LogP contribution in [0.25, 0.3) is 11.3 Å². The van der Waals surface area contributed by atoms with E-state index in [4.69, 9.17) is 26.7 Å². The van der Waals surface area contributed by atoms with Crippen LogP contribution in [0.15, 0.2) is 71.9 Å². The zero-order valence-corrected chi connectivity index (χ0v) is 18.8. The molecule has 4 aromatic rings. The lowest BCUT2D eigenvalue weighted by atomic mass is 9.93. The fourth-order valence-electron chi connectivity index (χ4n) is 3.95. The average Bonchev–Trinajstić information content (AvgIpc) is 2.96. The van der Waals surface area contributed by atoms with Gasteiger partial charge in [-0.25, -0.2) is 19.2 Å². The van der Waals surface area contributed by atoms with Crippen molar-refractivity contribution >= 4 is 34.9 Å². The first-order valence-electron chi connectivity index (χ1n) is 10.5. The van der Waals surface area contributed by atoms with E-state index in [0.29, 0.717) is 39.2 Å². The molecule has 1 aliphatic heterocycles. The van der Waals surface area contributed by atoms with E-state index >= 15 is 0 Å². The first-order valence-corrected chi connectivity index (χ1v) is 10.8. The Morgan fingerprint density at radius 2 is 1.86 bits per heavy atom. The number of aryl methyl sites for hydroxylation is 1. The van der Waals surface area contributed by atoms with Gasteiger partial charge in [-0.2, -0.15) is 0 Å². The van der Waals surface area contributed by atoms with Crippen molar-refractivity contribution in [2.24, 2.45) is 4.99 Å². The second kappa shape index (κ2) is 9.64. The Labute approximate surface area is 207 Å². The van der Waals surface area contributed by atoms with E-state index in [1.807, 2.05) is 19.1 Å². The second-order valence-corrected chi connectivity index (χ2v) is 8.30. The maximum atomic E-state index is 14.9.